The van der Waals surface area contributed by atoms with Gasteiger partial charge in [0, 0.05) is 41.7 Å². The molecule has 1 amide bonds. The molecule has 1 fully saturated rings. The van der Waals surface area contributed by atoms with Crippen LogP contribution in [-0.4, -0.2) is 67.1 Å². The van der Waals surface area contributed by atoms with Crippen molar-refractivity contribution < 1.29 is 33.3 Å². The normalized spacial score (nSPS) is 14.4. The number of fused-ring (bicyclic) bond motifs is 1. The molecule has 1 atom stereocenters. The Morgan fingerprint density at radius 2 is 1.75 bits per heavy atom. The van der Waals surface area contributed by atoms with Crippen molar-refractivity contribution in [1.82, 2.24) is 9.47 Å². The number of carbonyl (C=O) groups is 3. The molecule has 10 heteroatoms. The number of esters is 1. The van der Waals surface area contributed by atoms with Crippen molar-refractivity contribution in [2.45, 2.75) is 26.6 Å². The first kappa shape index (κ1) is 25.5. The topological polar surface area (TPSA) is 96.3 Å². The zero-order valence-electron chi connectivity index (χ0n) is 20.3. The predicted octanol–water partition coefficient (Wildman–Crippen LogP) is 4.20. The Balaban J connectivity index is 1.57. The van der Waals surface area contributed by atoms with E-state index in [0.717, 1.165) is 0 Å². The molecular formula is C26H27ClN2O7. The third-order valence-electron chi connectivity index (χ3n) is 5.99. The summed E-state index contributed by atoms with van der Waals surface area (Å²) in [4.78, 5) is 40.0. The molecular weight excluding hydrogens is 488 g/mol. The molecule has 4 rings (SSSR count). The highest BCUT2D eigenvalue weighted by molar-refractivity contribution is 6.30. The predicted molar refractivity (Wildman–Crippen MR) is 133 cm³/mol. The van der Waals surface area contributed by atoms with E-state index in [9.17, 15) is 14.4 Å². The average Bonchev–Trinajstić information content (AvgIpc) is 3.14. The van der Waals surface area contributed by atoms with E-state index in [-0.39, 0.29) is 12.3 Å². The van der Waals surface area contributed by atoms with E-state index in [1.165, 1.54) is 11.8 Å². The maximum Gasteiger partial charge on any atom is 0.413 e. The Hall–Kier alpha value is -3.56. The first-order valence-electron chi connectivity index (χ1n) is 11.5. The number of hydrogen-bond donors (Lipinski definition) is 0. The van der Waals surface area contributed by atoms with Crippen molar-refractivity contribution in [2.24, 2.45) is 0 Å². The van der Waals surface area contributed by atoms with Gasteiger partial charge in [-0.25, -0.2) is 4.79 Å². The van der Waals surface area contributed by atoms with Crippen LogP contribution in [0.15, 0.2) is 42.5 Å². The zero-order chi connectivity index (χ0) is 25.8. The second-order valence-electron chi connectivity index (χ2n) is 8.31. The quantitative estimate of drug-likeness (QED) is 0.359. The van der Waals surface area contributed by atoms with Crippen LogP contribution in [-0.2, 0) is 25.4 Å². The summed E-state index contributed by atoms with van der Waals surface area (Å²) in [5.74, 6) is -0.269. The van der Waals surface area contributed by atoms with Gasteiger partial charge in [0.1, 0.15) is 5.75 Å². The van der Waals surface area contributed by atoms with Gasteiger partial charge in [-0.15, -0.1) is 0 Å². The minimum Gasteiger partial charge on any atom is -0.497 e. The van der Waals surface area contributed by atoms with Gasteiger partial charge < -0.3 is 23.8 Å². The lowest BCUT2D eigenvalue weighted by Crippen LogP contribution is -2.42. The van der Waals surface area contributed by atoms with Crippen LogP contribution in [0.5, 0.6) is 5.75 Å². The van der Waals surface area contributed by atoms with Crippen LogP contribution in [0.4, 0.5) is 4.79 Å². The number of benzene rings is 2. The Bertz CT molecular complexity index is 1280. The van der Waals surface area contributed by atoms with E-state index >= 15 is 0 Å². The summed E-state index contributed by atoms with van der Waals surface area (Å²) < 4.78 is 22.8. The van der Waals surface area contributed by atoms with Crippen LogP contribution in [0.2, 0.25) is 5.02 Å². The minimum atomic E-state index is -1.08. The highest BCUT2D eigenvalue weighted by Crippen LogP contribution is 2.31. The SMILES string of the molecule is COc1ccc2c(c1)c(CC(=O)OC(C)OC(=O)N1CCOCC1)c(C)n2C(=O)c1ccc(Cl)cc1. The van der Waals surface area contributed by atoms with E-state index < -0.39 is 18.4 Å². The van der Waals surface area contributed by atoms with E-state index in [2.05, 4.69) is 0 Å². The molecule has 190 valence electrons. The molecule has 2 aromatic carbocycles. The van der Waals surface area contributed by atoms with Crippen LogP contribution in [0.25, 0.3) is 10.9 Å². The van der Waals surface area contributed by atoms with Crippen molar-refractivity contribution in [2.75, 3.05) is 33.4 Å². The first-order valence-corrected chi connectivity index (χ1v) is 11.9. The molecule has 1 saturated heterocycles. The summed E-state index contributed by atoms with van der Waals surface area (Å²) in [6.45, 7) is 4.96. The van der Waals surface area contributed by atoms with Crippen molar-refractivity contribution >= 4 is 40.5 Å². The molecule has 9 nitrogen and oxygen atoms in total. The van der Waals surface area contributed by atoms with Gasteiger partial charge in [0.2, 0.25) is 6.29 Å². The highest BCUT2D eigenvalue weighted by Gasteiger charge is 2.25. The molecule has 0 radical (unpaired) electrons. The van der Waals surface area contributed by atoms with Gasteiger partial charge in [-0.3, -0.25) is 14.2 Å². The van der Waals surface area contributed by atoms with Crippen LogP contribution in [0.1, 0.15) is 28.5 Å². The smallest absolute Gasteiger partial charge is 0.413 e. The van der Waals surface area contributed by atoms with E-state index in [4.69, 9.17) is 30.5 Å². The maximum absolute atomic E-state index is 13.4. The largest absolute Gasteiger partial charge is 0.497 e. The maximum atomic E-state index is 13.4. The number of hydrogen-bond acceptors (Lipinski definition) is 7. The van der Waals surface area contributed by atoms with E-state index in [1.54, 1.807) is 61.1 Å². The first-order chi connectivity index (χ1) is 17.3. The highest BCUT2D eigenvalue weighted by atomic mass is 35.5. The van der Waals surface area contributed by atoms with Crippen LogP contribution in [0, 0.1) is 6.92 Å². The number of ether oxygens (including phenoxy) is 4. The fraction of sp³-hybridized carbons (Fsp3) is 0.346. The van der Waals surface area contributed by atoms with Gasteiger partial charge in [0.05, 0.1) is 32.3 Å². The third kappa shape index (κ3) is 5.47. The van der Waals surface area contributed by atoms with Gasteiger partial charge in [-0.1, -0.05) is 11.6 Å². The fourth-order valence-electron chi connectivity index (χ4n) is 4.15. The number of amides is 1. The molecule has 36 heavy (non-hydrogen) atoms. The monoisotopic (exact) mass is 514 g/mol. The average molecular weight is 515 g/mol. The second kappa shape index (κ2) is 11.0. The molecule has 0 bridgehead atoms. The van der Waals surface area contributed by atoms with Crippen LogP contribution in [0.3, 0.4) is 0 Å². The molecule has 1 aromatic heterocycles. The van der Waals surface area contributed by atoms with Crippen LogP contribution >= 0.6 is 11.6 Å². The molecule has 1 aliphatic rings. The molecule has 0 saturated carbocycles. The second-order valence-corrected chi connectivity index (χ2v) is 8.75. The van der Waals surface area contributed by atoms with Crippen molar-refractivity contribution in [3.05, 3.63) is 64.3 Å². The number of halogens is 1. The zero-order valence-corrected chi connectivity index (χ0v) is 21.0. The molecule has 0 spiro atoms. The van der Waals surface area contributed by atoms with E-state index in [0.29, 0.717) is 64.8 Å². The van der Waals surface area contributed by atoms with Gasteiger partial charge in [0.15, 0.2) is 0 Å². The molecule has 2 heterocycles. The number of nitrogens with zero attached hydrogens (tertiary/aromatic N) is 2. The summed E-state index contributed by atoms with van der Waals surface area (Å²) in [5, 5.41) is 1.21. The standard InChI is InChI=1S/C26H27ClN2O7/c1-16-21(15-24(30)35-17(2)36-26(32)28-10-12-34-13-11-28)22-14-20(33-3)8-9-23(22)29(16)25(31)18-4-6-19(27)7-5-18/h4-9,14,17H,10-13,15H2,1-3H3. The van der Waals surface area contributed by atoms with Crippen LogP contribution < -0.4 is 4.74 Å². The summed E-state index contributed by atoms with van der Waals surface area (Å²) in [6, 6.07) is 11.9. The Kier molecular flexibility index (Phi) is 7.81. The lowest BCUT2D eigenvalue weighted by Gasteiger charge is -2.27. The molecule has 1 unspecified atom stereocenters. The van der Waals surface area contributed by atoms with Gasteiger partial charge in [0.25, 0.3) is 5.91 Å². The Labute approximate surface area is 213 Å². The van der Waals surface area contributed by atoms with Gasteiger partial charge in [-0.05, 0) is 55.0 Å². The molecule has 3 aromatic rings. The minimum absolute atomic E-state index is 0.129. The summed E-state index contributed by atoms with van der Waals surface area (Å²) in [5.41, 5.74) is 2.28. The summed E-state index contributed by atoms with van der Waals surface area (Å²) >= 11 is 5.98. The van der Waals surface area contributed by atoms with Crippen molar-refractivity contribution in [1.29, 1.82) is 0 Å². The molecule has 0 aliphatic carbocycles. The number of rotatable bonds is 6. The lowest BCUT2D eigenvalue weighted by atomic mass is 10.1. The summed E-state index contributed by atoms with van der Waals surface area (Å²) in [7, 11) is 1.54. The lowest BCUT2D eigenvalue weighted by molar-refractivity contribution is -0.165. The number of carbonyl (C=O) groups excluding carboxylic acids is 3. The molecule has 1 aliphatic heterocycles. The third-order valence-corrected chi connectivity index (χ3v) is 6.24. The van der Waals surface area contributed by atoms with E-state index in [1.807, 2.05) is 0 Å². The number of morpholine rings is 1. The fourth-order valence-corrected chi connectivity index (χ4v) is 4.28. The van der Waals surface area contributed by atoms with Gasteiger partial charge >= 0.3 is 12.1 Å². The summed E-state index contributed by atoms with van der Waals surface area (Å²) in [6.07, 6.45) is -1.77. The Morgan fingerprint density at radius 1 is 1.06 bits per heavy atom. The number of aromatic nitrogens is 1. The number of methoxy groups -OCH3 is 1. The Morgan fingerprint density at radius 3 is 2.42 bits per heavy atom. The molecule has 0 N–H and O–H groups in total. The van der Waals surface area contributed by atoms with Crippen molar-refractivity contribution in [3.63, 3.8) is 0 Å². The van der Waals surface area contributed by atoms with Crippen molar-refractivity contribution in [3.8, 4) is 5.75 Å². The van der Waals surface area contributed by atoms with Gasteiger partial charge in [-0.2, -0.15) is 0 Å².